The molecule has 0 amide bonds. The van der Waals surface area contributed by atoms with Gasteiger partial charge in [-0.2, -0.15) is 0 Å². The van der Waals surface area contributed by atoms with Crippen LogP contribution >= 0.6 is 15.9 Å². The first-order valence-corrected chi connectivity index (χ1v) is 5.99. The third kappa shape index (κ3) is 2.33. The summed E-state index contributed by atoms with van der Waals surface area (Å²) in [6.07, 6.45) is 4.53. The van der Waals surface area contributed by atoms with Crippen molar-refractivity contribution in [3.63, 3.8) is 0 Å². The summed E-state index contributed by atoms with van der Waals surface area (Å²) in [4.78, 5) is 4.17. The highest BCUT2D eigenvalue weighted by Crippen LogP contribution is 2.19. The molecule has 0 unspecified atom stereocenters. The fourth-order valence-electron chi connectivity index (χ4n) is 1.74. The van der Waals surface area contributed by atoms with E-state index in [1.54, 1.807) is 0 Å². The van der Waals surface area contributed by atoms with Crippen LogP contribution in [-0.4, -0.2) is 16.1 Å². The Hall–Kier alpha value is -1.13. The first kappa shape index (κ1) is 11.4. The summed E-state index contributed by atoms with van der Waals surface area (Å²) in [6, 6.07) is 6.30. The molecule has 0 spiro atoms. The zero-order valence-corrected chi connectivity index (χ0v) is 10.7. The summed E-state index contributed by atoms with van der Waals surface area (Å²) in [5.74, 6) is 0. The quantitative estimate of drug-likeness (QED) is 0.938. The molecule has 1 aromatic carbocycles. The van der Waals surface area contributed by atoms with Gasteiger partial charge in [-0.25, -0.2) is 4.98 Å². The van der Waals surface area contributed by atoms with Gasteiger partial charge < -0.3 is 10.3 Å². The number of aromatic nitrogens is 2. The third-order valence-electron chi connectivity index (χ3n) is 2.42. The standard InChI is InChI=1S/C12H14BrN3/c1-9-4-10(13)6-12(5-9)16-8-15-7-11(16)2-3-14/h4-8H,2-3,14H2,1H3. The predicted molar refractivity (Wildman–Crippen MR) is 68.8 cm³/mol. The molecule has 0 atom stereocenters. The highest BCUT2D eigenvalue weighted by Gasteiger charge is 2.04. The Bertz CT molecular complexity index is 471. The van der Waals surface area contributed by atoms with E-state index in [2.05, 4.69) is 50.6 Å². The molecule has 0 radical (unpaired) electrons. The van der Waals surface area contributed by atoms with Gasteiger partial charge in [-0.05, 0) is 37.2 Å². The van der Waals surface area contributed by atoms with Gasteiger partial charge >= 0.3 is 0 Å². The molecule has 0 saturated heterocycles. The van der Waals surface area contributed by atoms with Crippen molar-refractivity contribution in [3.05, 3.63) is 46.5 Å². The Balaban J connectivity index is 2.45. The monoisotopic (exact) mass is 279 g/mol. The van der Waals surface area contributed by atoms with E-state index in [0.29, 0.717) is 6.54 Å². The SMILES string of the molecule is Cc1cc(Br)cc(-n2cncc2CCN)c1. The van der Waals surface area contributed by atoms with Gasteiger partial charge in [0, 0.05) is 28.5 Å². The minimum atomic E-state index is 0.638. The molecule has 2 N–H and O–H groups in total. The number of halogens is 1. The smallest absolute Gasteiger partial charge is 0.0994 e. The van der Waals surface area contributed by atoms with Crippen molar-refractivity contribution in [2.45, 2.75) is 13.3 Å². The molecule has 84 valence electrons. The van der Waals surface area contributed by atoms with Crippen LogP contribution in [-0.2, 0) is 6.42 Å². The normalized spacial score (nSPS) is 10.7. The zero-order valence-electron chi connectivity index (χ0n) is 9.15. The Morgan fingerprint density at radius 2 is 2.19 bits per heavy atom. The molecule has 4 heteroatoms. The van der Waals surface area contributed by atoms with E-state index in [-0.39, 0.29) is 0 Å². The summed E-state index contributed by atoms with van der Waals surface area (Å²) in [5.41, 5.74) is 9.05. The van der Waals surface area contributed by atoms with Crippen LogP contribution in [0, 0.1) is 6.92 Å². The molecule has 2 rings (SSSR count). The van der Waals surface area contributed by atoms with Crippen LogP contribution in [0.1, 0.15) is 11.3 Å². The number of nitrogens with two attached hydrogens (primary N) is 1. The fraction of sp³-hybridized carbons (Fsp3) is 0.250. The summed E-state index contributed by atoms with van der Waals surface area (Å²) in [6.45, 7) is 2.71. The van der Waals surface area contributed by atoms with Crippen molar-refractivity contribution in [3.8, 4) is 5.69 Å². The van der Waals surface area contributed by atoms with E-state index in [1.807, 2.05) is 12.5 Å². The number of rotatable bonds is 3. The lowest BCUT2D eigenvalue weighted by molar-refractivity contribution is 0.873. The molecule has 1 aromatic heterocycles. The predicted octanol–water partition coefficient (Wildman–Crippen LogP) is 2.44. The zero-order chi connectivity index (χ0) is 11.5. The second-order valence-corrected chi connectivity index (χ2v) is 4.70. The summed E-state index contributed by atoms with van der Waals surface area (Å²) in [5, 5.41) is 0. The lowest BCUT2D eigenvalue weighted by Crippen LogP contribution is -2.07. The van der Waals surface area contributed by atoms with Crippen LogP contribution < -0.4 is 5.73 Å². The molecular formula is C12H14BrN3. The number of nitrogens with zero attached hydrogens (tertiary/aromatic N) is 2. The van der Waals surface area contributed by atoms with Crippen LogP contribution in [0.25, 0.3) is 5.69 Å². The van der Waals surface area contributed by atoms with Crippen molar-refractivity contribution in [2.75, 3.05) is 6.54 Å². The maximum atomic E-state index is 5.58. The van der Waals surface area contributed by atoms with Gasteiger partial charge in [0.25, 0.3) is 0 Å². The first-order chi connectivity index (χ1) is 7.70. The molecule has 0 aliphatic carbocycles. The summed E-state index contributed by atoms with van der Waals surface area (Å²) in [7, 11) is 0. The number of benzene rings is 1. The topological polar surface area (TPSA) is 43.8 Å². The Morgan fingerprint density at radius 3 is 2.88 bits per heavy atom. The average Bonchev–Trinajstić information content (AvgIpc) is 2.65. The number of hydrogen-bond acceptors (Lipinski definition) is 2. The van der Waals surface area contributed by atoms with Gasteiger partial charge in [0.1, 0.15) is 0 Å². The van der Waals surface area contributed by atoms with Crippen molar-refractivity contribution >= 4 is 15.9 Å². The fourth-order valence-corrected chi connectivity index (χ4v) is 2.34. The van der Waals surface area contributed by atoms with Crippen molar-refractivity contribution in [2.24, 2.45) is 5.73 Å². The van der Waals surface area contributed by atoms with Gasteiger partial charge in [-0.1, -0.05) is 15.9 Å². The van der Waals surface area contributed by atoms with Gasteiger partial charge in [0.15, 0.2) is 0 Å². The molecule has 3 nitrogen and oxygen atoms in total. The van der Waals surface area contributed by atoms with E-state index in [0.717, 1.165) is 22.3 Å². The average molecular weight is 280 g/mol. The number of aryl methyl sites for hydroxylation is 1. The molecule has 0 aliphatic heterocycles. The van der Waals surface area contributed by atoms with Crippen molar-refractivity contribution in [1.29, 1.82) is 0 Å². The lowest BCUT2D eigenvalue weighted by atomic mass is 10.2. The molecule has 0 bridgehead atoms. The molecule has 0 aliphatic rings. The van der Waals surface area contributed by atoms with E-state index in [9.17, 15) is 0 Å². The molecule has 1 heterocycles. The van der Waals surface area contributed by atoms with Crippen LogP contribution in [0.5, 0.6) is 0 Å². The summed E-state index contributed by atoms with van der Waals surface area (Å²) < 4.78 is 3.15. The van der Waals surface area contributed by atoms with Gasteiger partial charge in [0.05, 0.1) is 6.33 Å². The van der Waals surface area contributed by atoms with Gasteiger partial charge in [0.2, 0.25) is 0 Å². The highest BCUT2D eigenvalue weighted by molar-refractivity contribution is 9.10. The molecule has 2 aromatic rings. The van der Waals surface area contributed by atoms with E-state index < -0.39 is 0 Å². The highest BCUT2D eigenvalue weighted by atomic mass is 79.9. The minimum Gasteiger partial charge on any atom is -0.330 e. The minimum absolute atomic E-state index is 0.638. The van der Waals surface area contributed by atoms with Crippen molar-refractivity contribution in [1.82, 2.24) is 9.55 Å². The maximum Gasteiger partial charge on any atom is 0.0994 e. The van der Waals surface area contributed by atoms with E-state index in [1.165, 1.54) is 5.56 Å². The number of hydrogen-bond donors (Lipinski definition) is 1. The van der Waals surface area contributed by atoms with Crippen LogP contribution in [0.3, 0.4) is 0 Å². The van der Waals surface area contributed by atoms with E-state index >= 15 is 0 Å². The Morgan fingerprint density at radius 1 is 1.38 bits per heavy atom. The van der Waals surface area contributed by atoms with Gasteiger partial charge in [-0.15, -0.1) is 0 Å². The molecule has 0 fully saturated rings. The molecular weight excluding hydrogens is 266 g/mol. The number of imidazole rings is 1. The van der Waals surface area contributed by atoms with Crippen molar-refractivity contribution < 1.29 is 0 Å². The molecule has 16 heavy (non-hydrogen) atoms. The Kier molecular flexibility index (Phi) is 3.41. The van der Waals surface area contributed by atoms with Gasteiger partial charge in [-0.3, -0.25) is 0 Å². The maximum absolute atomic E-state index is 5.58. The van der Waals surface area contributed by atoms with Crippen LogP contribution in [0.15, 0.2) is 35.2 Å². The van der Waals surface area contributed by atoms with Crippen LogP contribution in [0.2, 0.25) is 0 Å². The summed E-state index contributed by atoms with van der Waals surface area (Å²) >= 11 is 3.50. The second kappa shape index (κ2) is 4.80. The lowest BCUT2D eigenvalue weighted by Gasteiger charge is -2.09. The first-order valence-electron chi connectivity index (χ1n) is 5.19. The molecule has 0 saturated carbocycles. The largest absolute Gasteiger partial charge is 0.330 e. The van der Waals surface area contributed by atoms with E-state index in [4.69, 9.17) is 5.73 Å². The van der Waals surface area contributed by atoms with Crippen LogP contribution in [0.4, 0.5) is 0 Å². The Labute approximate surface area is 103 Å². The third-order valence-corrected chi connectivity index (χ3v) is 2.88. The second-order valence-electron chi connectivity index (χ2n) is 3.78.